The number of ether oxygens (including phenoxy) is 1. The number of aliphatic carboxylic acids is 1. The molecule has 98 valence electrons. The van der Waals surface area contributed by atoms with Gasteiger partial charge in [-0.15, -0.1) is 0 Å². The molecule has 0 spiro atoms. The summed E-state index contributed by atoms with van der Waals surface area (Å²) >= 11 is 0. The normalized spacial score (nSPS) is 17.6. The molecule has 0 aliphatic heterocycles. The smallest absolute Gasteiger partial charge is 0.303 e. The highest BCUT2D eigenvalue weighted by atomic mass is 16.5. The summed E-state index contributed by atoms with van der Waals surface area (Å²) in [5.74, 6) is 0.132. The fourth-order valence-electron chi connectivity index (χ4n) is 2.48. The maximum atomic E-state index is 10.5. The van der Waals surface area contributed by atoms with Crippen molar-refractivity contribution >= 4 is 5.97 Å². The highest BCUT2D eigenvalue weighted by Gasteiger charge is 2.30. The molecule has 1 saturated carbocycles. The lowest BCUT2D eigenvalue weighted by molar-refractivity contribution is -0.136. The van der Waals surface area contributed by atoms with Crippen LogP contribution in [0.5, 0.6) is 5.75 Å². The number of aryl methyl sites for hydroxylation is 1. The summed E-state index contributed by atoms with van der Waals surface area (Å²) in [6.45, 7) is 2.17. The van der Waals surface area contributed by atoms with Crippen LogP contribution in [0, 0.1) is 0 Å². The second-order valence-electron chi connectivity index (χ2n) is 5.30. The molecule has 1 aliphatic carbocycles. The van der Waals surface area contributed by atoms with Crippen molar-refractivity contribution in [2.24, 2.45) is 0 Å². The van der Waals surface area contributed by atoms with Gasteiger partial charge in [0.2, 0.25) is 0 Å². The van der Waals surface area contributed by atoms with E-state index in [9.17, 15) is 4.79 Å². The summed E-state index contributed by atoms with van der Waals surface area (Å²) in [5.41, 5.74) is 1.03. The Kier molecular flexibility index (Phi) is 3.90. The Hall–Kier alpha value is -1.51. The molecule has 3 heteroatoms. The molecule has 1 aliphatic rings. The minimum absolute atomic E-state index is 0.0113. The van der Waals surface area contributed by atoms with Crippen molar-refractivity contribution in [2.45, 2.75) is 51.0 Å². The second-order valence-corrected chi connectivity index (χ2v) is 5.30. The average molecular weight is 248 g/mol. The third kappa shape index (κ3) is 3.49. The van der Waals surface area contributed by atoms with Crippen molar-refractivity contribution in [1.82, 2.24) is 0 Å². The fourth-order valence-corrected chi connectivity index (χ4v) is 2.48. The lowest BCUT2D eigenvalue weighted by atomic mass is 10.1. The minimum Gasteiger partial charge on any atom is -0.488 e. The zero-order valence-electron chi connectivity index (χ0n) is 10.8. The van der Waals surface area contributed by atoms with Crippen LogP contribution in [0.2, 0.25) is 0 Å². The Labute approximate surface area is 108 Å². The summed E-state index contributed by atoms with van der Waals surface area (Å²) in [4.78, 5) is 10.5. The maximum absolute atomic E-state index is 10.5. The summed E-state index contributed by atoms with van der Waals surface area (Å²) in [7, 11) is 0. The lowest BCUT2D eigenvalue weighted by Crippen LogP contribution is -2.27. The van der Waals surface area contributed by atoms with E-state index >= 15 is 0 Å². The molecular formula is C15H20O3. The van der Waals surface area contributed by atoms with E-state index in [4.69, 9.17) is 9.84 Å². The van der Waals surface area contributed by atoms with Crippen LogP contribution in [0.3, 0.4) is 0 Å². The predicted octanol–water partition coefficient (Wildman–Crippen LogP) is 3.42. The Bertz CT molecular complexity index is 402. The molecule has 1 fully saturated rings. The zero-order chi connectivity index (χ0) is 13.0. The standard InChI is InChI=1S/C15H20O3/c1-15(10-2-3-11-15)18-13-7-4-12(5-8-13)6-9-14(16)17/h4-5,7-8H,2-3,6,9-11H2,1H3,(H,16,17). The van der Waals surface area contributed by atoms with Crippen molar-refractivity contribution in [1.29, 1.82) is 0 Å². The van der Waals surface area contributed by atoms with E-state index in [1.807, 2.05) is 24.3 Å². The van der Waals surface area contributed by atoms with Crippen molar-refractivity contribution in [2.75, 3.05) is 0 Å². The molecule has 0 atom stereocenters. The van der Waals surface area contributed by atoms with Gasteiger partial charge in [0.1, 0.15) is 11.4 Å². The first-order valence-electron chi connectivity index (χ1n) is 6.57. The van der Waals surface area contributed by atoms with Gasteiger partial charge >= 0.3 is 5.97 Å². The van der Waals surface area contributed by atoms with Gasteiger partial charge in [-0.25, -0.2) is 0 Å². The Morgan fingerprint density at radius 1 is 1.28 bits per heavy atom. The van der Waals surface area contributed by atoms with Crippen LogP contribution in [0.15, 0.2) is 24.3 Å². The first-order valence-corrected chi connectivity index (χ1v) is 6.57. The zero-order valence-corrected chi connectivity index (χ0v) is 10.8. The minimum atomic E-state index is -0.756. The molecule has 1 aromatic carbocycles. The molecule has 0 heterocycles. The van der Waals surface area contributed by atoms with Crippen LogP contribution in [-0.2, 0) is 11.2 Å². The Balaban J connectivity index is 1.93. The highest BCUT2D eigenvalue weighted by Crippen LogP contribution is 2.33. The van der Waals surface area contributed by atoms with E-state index < -0.39 is 5.97 Å². The van der Waals surface area contributed by atoms with Crippen LogP contribution < -0.4 is 4.74 Å². The number of hydrogen-bond donors (Lipinski definition) is 1. The van der Waals surface area contributed by atoms with E-state index in [0.717, 1.165) is 24.2 Å². The van der Waals surface area contributed by atoms with Crippen molar-refractivity contribution < 1.29 is 14.6 Å². The molecule has 1 aromatic rings. The first kappa shape index (κ1) is 12.9. The van der Waals surface area contributed by atoms with Gasteiger partial charge in [-0.1, -0.05) is 12.1 Å². The van der Waals surface area contributed by atoms with Gasteiger partial charge < -0.3 is 9.84 Å². The van der Waals surface area contributed by atoms with Crippen LogP contribution in [-0.4, -0.2) is 16.7 Å². The largest absolute Gasteiger partial charge is 0.488 e. The van der Waals surface area contributed by atoms with E-state index in [1.54, 1.807) is 0 Å². The first-order chi connectivity index (χ1) is 8.57. The lowest BCUT2D eigenvalue weighted by Gasteiger charge is -2.25. The van der Waals surface area contributed by atoms with E-state index in [2.05, 4.69) is 6.92 Å². The molecule has 0 bridgehead atoms. The quantitative estimate of drug-likeness (QED) is 0.868. The number of rotatable bonds is 5. The van der Waals surface area contributed by atoms with Crippen LogP contribution in [0.25, 0.3) is 0 Å². The van der Waals surface area contributed by atoms with Crippen molar-refractivity contribution in [3.63, 3.8) is 0 Å². The second kappa shape index (κ2) is 5.42. The number of carboxylic acids is 1. The van der Waals surface area contributed by atoms with Gasteiger partial charge in [0.15, 0.2) is 0 Å². The van der Waals surface area contributed by atoms with Gasteiger partial charge in [-0.3, -0.25) is 4.79 Å². The van der Waals surface area contributed by atoms with E-state index in [1.165, 1.54) is 12.8 Å². The van der Waals surface area contributed by atoms with Crippen molar-refractivity contribution in [3.05, 3.63) is 29.8 Å². The molecule has 1 N–H and O–H groups in total. The van der Waals surface area contributed by atoms with Crippen LogP contribution in [0.1, 0.15) is 44.6 Å². The molecule has 0 radical (unpaired) electrons. The predicted molar refractivity (Wildman–Crippen MR) is 69.9 cm³/mol. The molecule has 0 unspecified atom stereocenters. The molecule has 0 saturated heterocycles. The molecule has 0 amide bonds. The Morgan fingerprint density at radius 2 is 1.89 bits per heavy atom. The number of benzene rings is 1. The maximum Gasteiger partial charge on any atom is 0.303 e. The summed E-state index contributed by atoms with van der Waals surface area (Å²) in [6.07, 6.45) is 5.48. The third-order valence-corrected chi connectivity index (χ3v) is 3.58. The molecule has 18 heavy (non-hydrogen) atoms. The van der Waals surface area contributed by atoms with Gasteiger partial charge in [-0.2, -0.15) is 0 Å². The van der Waals surface area contributed by atoms with Crippen LogP contribution in [0.4, 0.5) is 0 Å². The number of carbonyl (C=O) groups is 1. The number of carboxylic acid groups (broad SMARTS) is 1. The SMILES string of the molecule is CC1(Oc2ccc(CCC(=O)O)cc2)CCCC1. The Morgan fingerprint density at radius 3 is 2.44 bits per heavy atom. The van der Waals surface area contributed by atoms with Gasteiger partial charge in [0.05, 0.1) is 0 Å². The summed E-state index contributed by atoms with van der Waals surface area (Å²) < 4.78 is 6.03. The average Bonchev–Trinajstić information content (AvgIpc) is 2.75. The monoisotopic (exact) mass is 248 g/mol. The van der Waals surface area contributed by atoms with E-state index in [0.29, 0.717) is 6.42 Å². The van der Waals surface area contributed by atoms with Gasteiger partial charge in [-0.05, 0) is 56.7 Å². The highest BCUT2D eigenvalue weighted by molar-refractivity contribution is 5.67. The summed E-state index contributed by atoms with van der Waals surface area (Å²) in [6, 6.07) is 7.80. The van der Waals surface area contributed by atoms with Gasteiger partial charge in [0, 0.05) is 6.42 Å². The van der Waals surface area contributed by atoms with Crippen LogP contribution >= 0.6 is 0 Å². The topological polar surface area (TPSA) is 46.5 Å². The van der Waals surface area contributed by atoms with E-state index in [-0.39, 0.29) is 12.0 Å². The molecule has 2 rings (SSSR count). The fraction of sp³-hybridized carbons (Fsp3) is 0.533. The summed E-state index contributed by atoms with van der Waals surface area (Å²) in [5, 5.41) is 8.63. The molecule has 3 nitrogen and oxygen atoms in total. The third-order valence-electron chi connectivity index (χ3n) is 3.58. The molecular weight excluding hydrogens is 228 g/mol. The molecule has 0 aromatic heterocycles. The van der Waals surface area contributed by atoms with Gasteiger partial charge in [0.25, 0.3) is 0 Å². The van der Waals surface area contributed by atoms with Crippen molar-refractivity contribution in [3.8, 4) is 5.75 Å². The number of hydrogen-bond acceptors (Lipinski definition) is 2.